The van der Waals surface area contributed by atoms with Crippen LogP contribution in [0.15, 0.2) is 0 Å². The Balaban J connectivity index is 6.10. The van der Waals surface area contributed by atoms with E-state index in [1.807, 2.05) is 0 Å². The van der Waals surface area contributed by atoms with Crippen LogP contribution in [0, 0.1) is 5.41 Å². The maximum absolute atomic E-state index is 13.9. The number of alkyl halides is 16. The molecule has 2 nitrogen and oxygen atoms in total. The van der Waals surface area contributed by atoms with Crippen LogP contribution in [-0.4, -0.2) is 72.3 Å². The fourth-order valence-electron chi connectivity index (χ4n) is 2.63. The number of nitrogens with zero attached hydrogens (tertiary/aromatic N) is 1. The van der Waals surface area contributed by atoms with Crippen molar-refractivity contribution < 1.29 is 75.0 Å². The second-order valence-corrected chi connectivity index (χ2v) is 8.57. The minimum atomic E-state index is -8.40. The average Bonchev–Trinajstić information content (AvgIpc) is 2.71. The van der Waals surface area contributed by atoms with Gasteiger partial charge < -0.3 is 4.90 Å². The topological polar surface area (TPSA) is 20.3 Å². The molecule has 0 atom stereocenters. The second kappa shape index (κ2) is 9.91. The van der Waals surface area contributed by atoms with E-state index in [1.54, 1.807) is 0 Å². The van der Waals surface area contributed by atoms with E-state index < -0.39 is 78.6 Å². The number of rotatable bonds is 13. The number of hydrogen-bond acceptors (Lipinski definition) is 1. The lowest BCUT2D eigenvalue weighted by Crippen LogP contribution is -2.73. The maximum Gasteiger partial charge on any atom is 0.384 e. The molecule has 0 spiro atoms. The first-order valence-electron chi connectivity index (χ1n) is 9.73. The van der Waals surface area contributed by atoms with Crippen molar-refractivity contribution >= 4 is 5.91 Å². The summed E-state index contributed by atoms with van der Waals surface area (Å²) in [4.78, 5) is 12.7. The van der Waals surface area contributed by atoms with Crippen LogP contribution in [0.25, 0.3) is 0 Å². The highest BCUT2D eigenvalue weighted by Gasteiger charge is 2.93. The zero-order valence-corrected chi connectivity index (χ0v) is 18.8. The van der Waals surface area contributed by atoms with E-state index in [0.29, 0.717) is 4.90 Å². The van der Waals surface area contributed by atoms with Gasteiger partial charge >= 0.3 is 47.9 Å². The third-order valence-corrected chi connectivity index (χ3v) is 5.52. The zero-order chi connectivity index (χ0) is 29.6. The molecule has 36 heavy (non-hydrogen) atoms. The van der Waals surface area contributed by atoms with E-state index in [4.69, 9.17) is 0 Å². The van der Waals surface area contributed by atoms with Crippen molar-refractivity contribution in [3.05, 3.63) is 0 Å². The first-order valence-corrected chi connectivity index (χ1v) is 9.73. The van der Waals surface area contributed by atoms with Gasteiger partial charge in [0.2, 0.25) is 5.91 Å². The van der Waals surface area contributed by atoms with Gasteiger partial charge in [-0.25, -0.2) is 8.78 Å². The Hall–Kier alpha value is -1.65. The normalized spacial score (nSPS) is 15.5. The predicted octanol–water partition coefficient (Wildman–Crippen LogP) is 7.37. The Morgan fingerprint density at radius 1 is 0.694 bits per heavy atom. The number of amides is 1. The second-order valence-electron chi connectivity index (χ2n) is 8.57. The molecule has 0 aromatic rings. The van der Waals surface area contributed by atoms with Crippen LogP contribution in [0.5, 0.6) is 0 Å². The third-order valence-electron chi connectivity index (χ3n) is 5.52. The van der Waals surface area contributed by atoms with E-state index in [2.05, 4.69) is 0 Å². The van der Waals surface area contributed by atoms with Crippen molar-refractivity contribution in [3.8, 4) is 0 Å². The van der Waals surface area contributed by atoms with Gasteiger partial charge in [-0.05, 0) is 12.8 Å². The van der Waals surface area contributed by atoms with Crippen molar-refractivity contribution in [1.29, 1.82) is 0 Å². The fraction of sp³-hybridized carbons (Fsp3) is 0.944. The molecule has 1 amide bonds. The summed E-state index contributed by atoms with van der Waals surface area (Å²) in [5.74, 6) is -55.2. The number of hydrogen-bond donors (Lipinski definition) is 0. The standard InChI is InChI=1S/C18H21F16NO/c1-5-11(2,3)10(36)35(4)8-6-7-12(21,22)14(25,26)16(29,30)18(33,34)17(31,32)15(27,28)13(23,24)9(19)20/h9H,5-8H2,1-4H3. The van der Waals surface area contributed by atoms with E-state index in [-0.39, 0.29) is 6.42 Å². The van der Waals surface area contributed by atoms with E-state index in [9.17, 15) is 75.0 Å². The number of carbonyl (C=O) groups is 1. The summed E-state index contributed by atoms with van der Waals surface area (Å²) in [6, 6.07) is 0. The lowest BCUT2D eigenvalue weighted by Gasteiger charge is -2.42. The summed E-state index contributed by atoms with van der Waals surface area (Å²) in [5, 5.41) is 0. The van der Waals surface area contributed by atoms with Crippen molar-refractivity contribution in [1.82, 2.24) is 4.90 Å². The molecule has 0 saturated carbocycles. The van der Waals surface area contributed by atoms with Crippen LogP contribution < -0.4 is 0 Å². The van der Waals surface area contributed by atoms with Gasteiger partial charge in [-0.15, -0.1) is 0 Å². The van der Waals surface area contributed by atoms with E-state index >= 15 is 0 Å². The highest BCUT2D eigenvalue weighted by molar-refractivity contribution is 5.81. The number of carbonyl (C=O) groups excluding carboxylic acids is 1. The predicted molar refractivity (Wildman–Crippen MR) is 91.6 cm³/mol. The molecule has 216 valence electrons. The molecular weight excluding hydrogens is 550 g/mol. The SMILES string of the molecule is CCC(C)(C)C(=O)N(C)CCCC(F)(F)C(F)(F)C(F)(F)C(F)(F)C(F)(F)C(F)(F)C(F)(F)C(F)F. The van der Waals surface area contributed by atoms with Gasteiger partial charge in [-0.2, -0.15) is 61.5 Å². The Morgan fingerprint density at radius 2 is 1.06 bits per heavy atom. The van der Waals surface area contributed by atoms with Crippen molar-refractivity contribution in [2.24, 2.45) is 5.41 Å². The van der Waals surface area contributed by atoms with Crippen LogP contribution in [0.1, 0.15) is 40.0 Å². The molecule has 0 saturated heterocycles. The minimum absolute atomic E-state index is 0.190. The van der Waals surface area contributed by atoms with Gasteiger partial charge in [-0.3, -0.25) is 4.79 Å². The highest BCUT2D eigenvalue weighted by Crippen LogP contribution is 2.63. The molecule has 0 heterocycles. The van der Waals surface area contributed by atoms with Gasteiger partial charge in [0.25, 0.3) is 0 Å². The van der Waals surface area contributed by atoms with E-state index in [0.717, 1.165) is 7.05 Å². The summed E-state index contributed by atoms with van der Waals surface area (Å²) in [5.41, 5.74) is -1.10. The first-order chi connectivity index (χ1) is 15.5. The maximum atomic E-state index is 13.9. The monoisotopic (exact) mass is 571 g/mol. The summed E-state index contributed by atoms with van der Waals surface area (Å²) in [7, 11) is 0.963. The third kappa shape index (κ3) is 5.18. The Labute approximate surface area is 194 Å². The summed E-state index contributed by atoms with van der Waals surface area (Å²) >= 11 is 0. The molecule has 0 aliphatic heterocycles. The largest absolute Gasteiger partial charge is 0.384 e. The molecule has 0 rings (SSSR count). The van der Waals surface area contributed by atoms with Crippen molar-refractivity contribution in [2.45, 2.75) is 87.9 Å². The van der Waals surface area contributed by atoms with Crippen molar-refractivity contribution in [3.63, 3.8) is 0 Å². The summed E-state index contributed by atoms with van der Waals surface area (Å²) < 4.78 is 213. The van der Waals surface area contributed by atoms with Crippen LogP contribution in [0.4, 0.5) is 70.2 Å². The van der Waals surface area contributed by atoms with Crippen LogP contribution in [-0.2, 0) is 4.79 Å². The molecular formula is C18H21F16NO. The first kappa shape index (κ1) is 34.4. The summed E-state index contributed by atoms with van der Waals surface area (Å²) in [6.07, 6.45) is -9.51. The lowest BCUT2D eigenvalue weighted by molar-refractivity contribution is -0.447. The molecule has 0 aliphatic rings. The Bertz CT molecular complexity index is 777. The fourth-order valence-corrected chi connectivity index (χ4v) is 2.63. The Morgan fingerprint density at radius 3 is 1.42 bits per heavy atom. The minimum Gasteiger partial charge on any atom is -0.345 e. The smallest absolute Gasteiger partial charge is 0.345 e. The van der Waals surface area contributed by atoms with Gasteiger partial charge in [-0.1, -0.05) is 20.8 Å². The molecule has 0 unspecified atom stereocenters. The van der Waals surface area contributed by atoms with Crippen LogP contribution >= 0.6 is 0 Å². The molecule has 0 N–H and O–H groups in total. The van der Waals surface area contributed by atoms with Crippen LogP contribution in [0.2, 0.25) is 0 Å². The number of halogens is 16. The lowest BCUT2D eigenvalue weighted by atomic mass is 9.87. The molecule has 18 heteroatoms. The molecule has 0 fully saturated rings. The van der Waals surface area contributed by atoms with Gasteiger partial charge in [0.1, 0.15) is 0 Å². The molecule has 0 aromatic carbocycles. The van der Waals surface area contributed by atoms with E-state index in [1.165, 1.54) is 20.8 Å². The molecule has 0 aliphatic carbocycles. The van der Waals surface area contributed by atoms with Crippen molar-refractivity contribution in [2.75, 3.05) is 13.6 Å². The highest BCUT2D eigenvalue weighted by atomic mass is 19.4. The molecule has 0 aromatic heterocycles. The van der Waals surface area contributed by atoms with Gasteiger partial charge in [0.15, 0.2) is 0 Å². The zero-order valence-electron chi connectivity index (χ0n) is 18.8. The van der Waals surface area contributed by atoms with Gasteiger partial charge in [0, 0.05) is 25.4 Å². The summed E-state index contributed by atoms with van der Waals surface area (Å²) in [6.45, 7) is 3.42. The average molecular weight is 571 g/mol. The van der Waals surface area contributed by atoms with Crippen LogP contribution in [0.3, 0.4) is 0 Å². The van der Waals surface area contributed by atoms with Gasteiger partial charge in [0.05, 0.1) is 0 Å². The molecule has 0 radical (unpaired) electrons. The quantitative estimate of drug-likeness (QED) is 0.212. The Kier molecular flexibility index (Phi) is 9.45. The molecule has 0 bridgehead atoms.